The second-order valence-electron chi connectivity index (χ2n) is 5.61. The smallest absolute Gasteiger partial charge is 0.228 e. The molecule has 2 rings (SSSR count). The topological polar surface area (TPSA) is 74.6 Å². The van der Waals surface area contributed by atoms with Gasteiger partial charge in [0.2, 0.25) is 5.91 Å². The summed E-state index contributed by atoms with van der Waals surface area (Å²) in [6.45, 7) is 2.40. The molecular weight excluding hydrogens is 294 g/mol. The molecule has 1 aliphatic heterocycles. The summed E-state index contributed by atoms with van der Waals surface area (Å²) in [6, 6.07) is 7.48. The van der Waals surface area contributed by atoms with Crippen molar-refractivity contribution in [2.45, 2.75) is 19.3 Å². The minimum absolute atomic E-state index is 0.0128. The molecule has 6 nitrogen and oxygen atoms in total. The number of rotatable bonds is 6. The molecule has 0 aliphatic carbocycles. The van der Waals surface area contributed by atoms with Gasteiger partial charge in [-0.15, -0.1) is 0 Å². The number of carbonyl (C=O) groups excluding carboxylic acids is 1. The molecule has 1 aromatic carbocycles. The first kappa shape index (κ1) is 17.1. The molecule has 0 saturated carbocycles. The summed E-state index contributed by atoms with van der Waals surface area (Å²) >= 11 is 0. The lowest BCUT2D eigenvalue weighted by Gasteiger charge is -2.31. The van der Waals surface area contributed by atoms with E-state index in [0.717, 1.165) is 25.9 Å². The Morgan fingerprint density at radius 3 is 2.87 bits per heavy atom. The first-order valence-electron chi connectivity index (χ1n) is 7.80. The number of hydrogen-bond donors (Lipinski definition) is 1. The van der Waals surface area contributed by atoms with Crippen molar-refractivity contribution >= 4 is 11.6 Å². The van der Waals surface area contributed by atoms with Crippen LogP contribution in [0, 0.1) is 17.2 Å². The number of likely N-dealkylation sites (tertiary alicyclic amines) is 1. The van der Waals surface area contributed by atoms with Crippen LogP contribution >= 0.6 is 0 Å². The van der Waals surface area contributed by atoms with Gasteiger partial charge in [-0.05, 0) is 31.5 Å². The summed E-state index contributed by atoms with van der Waals surface area (Å²) in [5.74, 6) is 1.19. The molecule has 1 atom stereocenters. The molecule has 6 heteroatoms. The maximum atomic E-state index is 12.5. The fraction of sp³-hybridized carbons (Fsp3) is 0.529. The molecule has 1 heterocycles. The molecule has 1 unspecified atom stereocenters. The average Bonchev–Trinajstić information content (AvgIpc) is 2.60. The van der Waals surface area contributed by atoms with E-state index in [-0.39, 0.29) is 11.8 Å². The maximum absolute atomic E-state index is 12.5. The van der Waals surface area contributed by atoms with E-state index in [1.54, 1.807) is 32.4 Å². The van der Waals surface area contributed by atoms with Gasteiger partial charge in [0, 0.05) is 31.3 Å². The maximum Gasteiger partial charge on any atom is 0.228 e. The number of hydrogen-bond acceptors (Lipinski definition) is 5. The lowest BCUT2D eigenvalue weighted by Crippen LogP contribution is -2.41. The molecule has 0 radical (unpaired) electrons. The van der Waals surface area contributed by atoms with E-state index in [2.05, 4.69) is 16.3 Å². The third-order valence-electron chi connectivity index (χ3n) is 4.07. The van der Waals surface area contributed by atoms with Gasteiger partial charge in [0.05, 0.1) is 26.2 Å². The Hall–Kier alpha value is -2.26. The van der Waals surface area contributed by atoms with Crippen LogP contribution in [-0.4, -0.2) is 44.7 Å². The number of ether oxygens (including phenoxy) is 2. The van der Waals surface area contributed by atoms with Gasteiger partial charge in [-0.3, -0.25) is 4.79 Å². The summed E-state index contributed by atoms with van der Waals surface area (Å²) in [7, 11) is 3.14. The first-order chi connectivity index (χ1) is 11.2. The Bertz CT molecular complexity index is 583. The number of methoxy groups -OCH3 is 2. The number of nitrogens with one attached hydrogen (secondary N) is 1. The lowest BCUT2D eigenvalue weighted by molar-refractivity contribution is -0.121. The Morgan fingerprint density at radius 2 is 2.17 bits per heavy atom. The van der Waals surface area contributed by atoms with Gasteiger partial charge in [-0.1, -0.05) is 0 Å². The van der Waals surface area contributed by atoms with E-state index in [0.29, 0.717) is 30.2 Å². The highest BCUT2D eigenvalue weighted by molar-refractivity contribution is 5.93. The second-order valence-corrected chi connectivity index (χ2v) is 5.61. The average molecular weight is 317 g/mol. The summed E-state index contributed by atoms with van der Waals surface area (Å²) in [5, 5.41) is 11.6. The van der Waals surface area contributed by atoms with E-state index in [9.17, 15) is 4.79 Å². The van der Waals surface area contributed by atoms with Crippen LogP contribution in [0.4, 0.5) is 5.69 Å². The van der Waals surface area contributed by atoms with Crippen LogP contribution in [0.15, 0.2) is 18.2 Å². The van der Waals surface area contributed by atoms with Crippen LogP contribution in [0.2, 0.25) is 0 Å². The summed E-state index contributed by atoms with van der Waals surface area (Å²) in [6.07, 6.45) is 2.36. The standard InChI is InChI=1S/C17H23N3O3/c1-22-15-7-6-14(11-16(15)23-2)19-17(21)13-5-3-9-20(12-13)10-4-8-18/h6-7,11,13H,3-5,9-10,12H2,1-2H3,(H,19,21). The molecule has 1 fully saturated rings. The second kappa shape index (κ2) is 8.39. The van der Waals surface area contributed by atoms with Crippen molar-refractivity contribution in [1.29, 1.82) is 5.26 Å². The van der Waals surface area contributed by atoms with E-state index in [4.69, 9.17) is 14.7 Å². The van der Waals surface area contributed by atoms with Gasteiger partial charge in [-0.2, -0.15) is 5.26 Å². The third-order valence-corrected chi connectivity index (χ3v) is 4.07. The molecule has 1 N–H and O–H groups in total. The van der Waals surface area contributed by atoms with Crippen molar-refractivity contribution in [3.05, 3.63) is 18.2 Å². The van der Waals surface area contributed by atoms with Gasteiger partial charge in [0.15, 0.2) is 11.5 Å². The molecule has 0 spiro atoms. The van der Waals surface area contributed by atoms with Crippen molar-refractivity contribution in [3.8, 4) is 17.6 Å². The van der Waals surface area contributed by atoms with Crippen molar-refractivity contribution in [2.24, 2.45) is 5.92 Å². The van der Waals surface area contributed by atoms with Gasteiger partial charge >= 0.3 is 0 Å². The van der Waals surface area contributed by atoms with Crippen molar-refractivity contribution in [3.63, 3.8) is 0 Å². The fourth-order valence-electron chi connectivity index (χ4n) is 2.84. The molecule has 1 saturated heterocycles. The predicted molar refractivity (Wildman–Crippen MR) is 87.6 cm³/mol. The van der Waals surface area contributed by atoms with Crippen LogP contribution in [-0.2, 0) is 4.79 Å². The molecule has 0 aromatic heterocycles. The van der Waals surface area contributed by atoms with Crippen LogP contribution < -0.4 is 14.8 Å². The summed E-state index contributed by atoms with van der Waals surface area (Å²) in [5.41, 5.74) is 0.696. The number of carbonyl (C=O) groups is 1. The predicted octanol–water partition coefficient (Wildman–Crippen LogP) is 2.27. The zero-order valence-electron chi connectivity index (χ0n) is 13.7. The van der Waals surface area contributed by atoms with Crippen molar-refractivity contribution < 1.29 is 14.3 Å². The van der Waals surface area contributed by atoms with E-state index in [1.807, 2.05) is 0 Å². The SMILES string of the molecule is COc1ccc(NC(=O)C2CCCN(CCC#N)C2)cc1OC. The number of piperidine rings is 1. The highest BCUT2D eigenvalue weighted by Gasteiger charge is 2.25. The Labute approximate surface area is 137 Å². The summed E-state index contributed by atoms with van der Waals surface area (Å²) in [4.78, 5) is 14.7. The largest absolute Gasteiger partial charge is 0.493 e. The van der Waals surface area contributed by atoms with E-state index >= 15 is 0 Å². The normalized spacial score (nSPS) is 18.0. The number of benzene rings is 1. The van der Waals surface area contributed by atoms with E-state index in [1.165, 1.54) is 0 Å². The van der Waals surface area contributed by atoms with Gasteiger partial charge in [0.25, 0.3) is 0 Å². The van der Waals surface area contributed by atoms with Crippen LogP contribution in [0.25, 0.3) is 0 Å². The Kier molecular flexibility index (Phi) is 6.24. The first-order valence-corrected chi connectivity index (χ1v) is 7.80. The fourth-order valence-corrected chi connectivity index (χ4v) is 2.84. The summed E-state index contributed by atoms with van der Waals surface area (Å²) < 4.78 is 10.4. The number of amides is 1. The number of nitrogens with zero attached hydrogens (tertiary/aromatic N) is 2. The number of anilines is 1. The molecular formula is C17H23N3O3. The molecule has 1 aromatic rings. The Morgan fingerprint density at radius 1 is 1.39 bits per heavy atom. The lowest BCUT2D eigenvalue weighted by atomic mass is 9.97. The zero-order chi connectivity index (χ0) is 16.7. The third kappa shape index (κ3) is 4.60. The molecule has 0 bridgehead atoms. The quantitative estimate of drug-likeness (QED) is 0.871. The highest BCUT2D eigenvalue weighted by atomic mass is 16.5. The van der Waals surface area contributed by atoms with E-state index < -0.39 is 0 Å². The zero-order valence-corrected chi connectivity index (χ0v) is 13.7. The van der Waals surface area contributed by atoms with Crippen LogP contribution in [0.1, 0.15) is 19.3 Å². The molecule has 1 aliphatic rings. The van der Waals surface area contributed by atoms with Gasteiger partial charge in [-0.25, -0.2) is 0 Å². The minimum Gasteiger partial charge on any atom is -0.493 e. The monoisotopic (exact) mass is 317 g/mol. The molecule has 124 valence electrons. The van der Waals surface area contributed by atoms with Crippen LogP contribution in [0.5, 0.6) is 11.5 Å². The van der Waals surface area contributed by atoms with Gasteiger partial charge in [0.1, 0.15) is 0 Å². The highest BCUT2D eigenvalue weighted by Crippen LogP contribution is 2.30. The minimum atomic E-state index is -0.0458. The van der Waals surface area contributed by atoms with Gasteiger partial charge < -0.3 is 19.7 Å². The molecule has 1 amide bonds. The van der Waals surface area contributed by atoms with Crippen molar-refractivity contribution in [1.82, 2.24) is 4.90 Å². The van der Waals surface area contributed by atoms with Crippen LogP contribution in [0.3, 0.4) is 0 Å². The van der Waals surface area contributed by atoms with Crippen molar-refractivity contribution in [2.75, 3.05) is 39.2 Å². The molecule has 23 heavy (non-hydrogen) atoms. The number of nitriles is 1. The Balaban J connectivity index is 1.97.